The molecule has 1 aromatic carbocycles. The summed E-state index contributed by atoms with van der Waals surface area (Å²) >= 11 is 5.54. The van der Waals surface area contributed by atoms with E-state index in [2.05, 4.69) is 39.2 Å². The van der Waals surface area contributed by atoms with Gasteiger partial charge in [-0.25, -0.2) is 4.68 Å². The molecule has 160 valence electrons. The van der Waals surface area contributed by atoms with Gasteiger partial charge in [-0.15, -0.1) is 6.58 Å². The van der Waals surface area contributed by atoms with Crippen LogP contribution in [-0.4, -0.2) is 70.5 Å². The Balaban J connectivity index is 1.23. The van der Waals surface area contributed by atoms with Gasteiger partial charge in [0.1, 0.15) is 0 Å². The van der Waals surface area contributed by atoms with E-state index in [0.717, 1.165) is 36.3 Å². The van der Waals surface area contributed by atoms with E-state index in [1.807, 2.05) is 47.3 Å². The smallest absolute Gasteiger partial charge is 0.170 e. The van der Waals surface area contributed by atoms with Crippen LogP contribution in [0.4, 0.5) is 5.69 Å². The van der Waals surface area contributed by atoms with Gasteiger partial charge in [0.05, 0.1) is 5.69 Å². The molecule has 1 unspecified atom stereocenters. The highest BCUT2D eigenvalue weighted by atomic mass is 32.1. The maximum atomic E-state index is 5.54. The van der Waals surface area contributed by atoms with Crippen molar-refractivity contribution in [3.8, 4) is 5.69 Å². The van der Waals surface area contributed by atoms with Gasteiger partial charge in [-0.05, 0) is 80.8 Å². The molecule has 7 heteroatoms. The van der Waals surface area contributed by atoms with Crippen molar-refractivity contribution in [3.63, 3.8) is 0 Å². The molecule has 3 aliphatic heterocycles. The summed E-state index contributed by atoms with van der Waals surface area (Å²) in [5.41, 5.74) is 2.02. The number of hydrogen-bond donors (Lipinski definition) is 2. The first kappa shape index (κ1) is 21.0. The number of hydrogen-bond acceptors (Lipinski definition) is 4. The summed E-state index contributed by atoms with van der Waals surface area (Å²) < 4.78 is 1.84. The molecule has 6 nitrogen and oxygen atoms in total. The van der Waals surface area contributed by atoms with Crippen LogP contribution in [0.5, 0.6) is 0 Å². The monoisotopic (exact) mass is 424 g/mol. The summed E-state index contributed by atoms with van der Waals surface area (Å²) in [7, 11) is 2.20. The van der Waals surface area contributed by atoms with E-state index >= 15 is 0 Å². The Morgan fingerprint density at radius 1 is 1.37 bits per heavy atom. The number of anilines is 1. The van der Waals surface area contributed by atoms with Crippen molar-refractivity contribution in [2.24, 2.45) is 11.8 Å². The molecule has 2 N–H and O–H groups in total. The Labute approximate surface area is 184 Å². The molecule has 3 fully saturated rings. The second kappa shape index (κ2) is 9.73. The Morgan fingerprint density at radius 3 is 2.87 bits per heavy atom. The van der Waals surface area contributed by atoms with Gasteiger partial charge < -0.3 is 15.5 Å². The number of rotatable bonds is 8. The number of fused-ring (bicyclic) bond motifs is 3. The van der Waals surface area contributed by atoms with Gasteiger partial charge >= 0.3 is 0 Å². The maximum absolute atomic E-state index is 5.54. The van der Waals surface area contributed by atoms with Crippen molar-refractivity contribution < 1.29 is 0 Å². The number of benzene rings is 1. The average molecular weight is 425 g/mol. The molecule has 30 heavy (non-hydrogen) atoms. The molecular formula is C23H32N6S. The van der Waals surface area contributed by atoms with E-state index in [-0.39, 0.29) is 0 Å². The molecule has 4 heterocycles. The highest BCUT2D eigenvalue weighted by Gasteiger charge is 2.40. The quantitative estimate of drug-likeness (QED) is 0.502. The standard InChI is InChI=1S/C23H32N6S/c1-3-11-27(2)16-19-17-28-13-9-18(19)14-22(28)15-24-23(30)26-20-5-7-21(8-6-20)29-12-4-10-25-29/h3-8,10,12,18-19,22H,1,9,11,13-17H2,2H3,(H2,24,26,30)/t18-,19+,22+/m0/s1. The molecule has 0 aliphatic carbocycles. The van der Waals surface area contributed by atoms with Gasteiger partial charge in [-0.3, -0.25) is 4.90 Å². The summed E-state index contributed by atoms with van der Waals surface area (Å²) in [5, 5.41) is 11.7. The normalized spacial score (nSPS) is 25.3. The van der Waals surface area contributed by atoms with Crippen molar-refractivity contribution in [2.75, 3.05) is 45.1 Å². The number of aromatic nitrogens is 2. The predicted octanol–water partition coefficient (Wildman–Crippen LogP) is 2.99. The molecule has 2 bridgehead atoms. The maximum Gasteiger partial charge on any atom is 0.170 e. The van der Waals surface area contributed by atoms with E-state index in [9.17, 15) is 0 Å². The van der Waals surface area contributed by atoms with Gasteiger partial charge in [-0.1, -0.05) is 6.08 Å². The van der Waals surface area contributed by atoms with Gasteiger partial charge in [0.15, 0.2) is 5.11 Å². The third kappa shape index (κ3) is 5.09. The van der Waals surface area contributed by atoms with Crippen LogP contribution in [0.3, 0.4) is 0 Å². The Bertz CT molecular complexity index is 834. The van der Waals surface area contributed by atoms with Crippen molar-refractivity contribution in [1.82, 2.24) is 24.9 Å². The molecule has 5 rings (SSSR count). The lowest BCUT2D eigenvalue weighted by atomic mass is 9.75. The lowest BCUT2D eigenvalue weighted by molar-refractivity contribution is -0.00663. The fourth-order valence-electron chi connectivity index (χ4n) is 4.87. The van der Waals surface area contributed by atoms with E-state index in [4.69, 9.17) is 12.2 Å². The Kier molecular flexibility index (Phi) is 6.82. The third-order valence-electron chi connectivity index (χ3n) is 6.39. The predicted molar refractivity (Wildman–Crippen MR) is 127 cm³/mol. The summed E-state index contributed by atoms with van der Waals surface area (Å²) in [4.78, 5) is 5.05. The molecule has 4 atom stereocenters. The zero-order valence-corrected chi connectivity index (χ0v) is 18.5. The van der Waals surface area contributed by atoms with Crippen LogP contribution in [0.1, 0.15) is 12.8 Å². The van der Waals surface area contributed by atoms with Crippen LogP contribution in [-0.2, 0) is 0 Å². The molecule has 1 aromatic heterocycles. The van der Waals surface area contributed by atoms with Gasteiger partial charge in [0.2, 0.25) is 0 Å². The first-order chi connectivity index (χ1) is 14.6. The topological polar surface area (TPSA) is 48.4 Å². The van der Waals surface area contributed by atoms with Crippen LogP contribution in [0.2, 0.25) is 0 Å². The fraction of sp³-hybridized carbons (Fsp3) is 0.478. The summed E-state index contributed by atoms with van der Waals surface area (Å²) in [6.45, 7) is 9.32. The summed E-state index contributed by atoms with van der Waals surface area (Å²) in [6.07, 6.45) is 8.30. The Hall–Kier alpha value is -2.22. The molecule has 0 radical (unpaired) electrons. The lowest BCUT2D eigenvalue weighted by Crippen LogP contribution is -2.58. The van der Waals surface area contributed by atoms with Crippen molar-refractivity contribution in [1.29, 1.82) is 0 Å². The first-order valence-corrected chi connectivity index (χ1v) is 11.2. The molecule has 0 saturated carbocycles. The second-order valence-electron chi connectivity index (χ2n) is 8.54. The largest absolute Gasteiger partial charge is 0.361 e. The number of nitrogens with one attached hydrogen (secondary N) is 2. The van der Waals surface area contributed by atoms with Crippen molar-refractivity contribution in [3.05, 3.63) is 55.4 Å². The van der Waals surface area contributed by atoms with Crippen LogP contribution >= 0.6 is 12.2 Å². The minimum atomic E-state index is 0.576. The minimum absolute atomic E-state index is 0.576. The number of nitrogens with zero attached hydrogens (tertiary/aromatic N) is 4. The Morgan fingerprint density at radius 2 is 2.20 bits per heavy atom. The minimum Gasteiger partial charge on any atom is -0.361 e. The van der Waals surface area contributed by atoms with Gasteiger partial charge in [0, 0.05) is 50.3 Å². The second-order valence-corrected chi connectivity index (χ2v) is 8.94. The molecule has 0 amide bonds. The third-order valence-corrected chi connectivity index (χ3v) is 6.64. The van der Waals surface area contributed by atoms with Crippen LogP contribution in [0.25, 0.3) is 5.69 Å². The first-order valence-electron chi connectivity index (χ1n) is 10.8. The fourth-order valence-corrected chi connectivity index (χ4v) is 5.07. The number of piperidine rings is 3. The van der Waals surface area contributed by atoms with E-state index in [1.165, 1.54) is 32.5 Å². The highest BCUT2D eigenvalue weighted by molar-refractivity contribution is 7.80. The summed E-state index contributed by atoms with van der Waals surface area (Å²) in [6, 6.07) is 10.6. The van der Waals surface area contributed by atoms with Crippen molar-refractivity contribution >= 4 is 23.0 Å². The van der Waals surface area contributed by atoms with E-state index in [0.29, 0.717) is 11.2 Å². The lowest BCUT2D eigenvalue weighted by Gasteiger charge is -2.50. The molecular weight excluding hydrogens is 392 g/mol. The SMILES string of the molecule is C=CCN(C)C[C@@H]1CN2CC[C@H]1C[C@@H]2CNC(=S)Nc1ccc(-n2cccn2)cc1. The number of thiocarbonyl (C=S) groups is 1. The van der Waals surface area contributed by atoms with Crippen LogP contribution in [0.15, 0.2) is 55.4 Å². The molecule has 3 aliphatic rings. The van der Waals surface area contributed by atoms with Crippen LogP contribution < -0.4 is 10.6 Å². The molecule has 2 aromatic rings. The summed E-state index contributed by atoms with van der Waals surface area (Å²) in [5.74, 6) is 1.60. The average Bonchev–Trinajstić information content (AvgIpc) is 3.29. The van der Waals surface area contributed by atoms with Gasteiger partial charge in [-0.2, -0.15) is 5.10 Å². The van der Waals surface area contributed by atoms with E-state index < -0.39 is 0 Å². The van der Waals surface area contributed by atoms with Crippen molar-refractivity contribution in [2.45, 2.75) is 18.9 Å². The molecule has 0 spiro atoms. The van der Waals surface area contributed by atoms with E-state index in [1.54, 1.807) is 6.20 Å². The number of likely N-dealkylation sites (N-methyl/N-ethyl adjacent to an activating group) is 1. The zero-order chi connectivity index (χ0) is 20.9. The molecule has 3 saturated heterocycles. The van der Waals surface area contributed by atoms with Crippen LogP contribution in [0, 0.1) is 11.8 Å². The zero-order valence-electron chi connectivity index (χ0n) is 17.7. The van der Waals surface area contributed by atoms with Gasteiger partial charge in [0.25, 0.3) is 0 Å². The highest BCUT2D eigenvalue weighted by Crippen LogP contribution is 2.36.